The Bertz CT molecular complexity index is 1000. The van der Waals surface area contributed by atoms with Gasteiger partial charge < -0.3 is 15.0 Å². The Hall–Kier alpha value is -2.70. The molecule has 1 saturated heterocycles. The Morgan fingerprint density at radius 1 is 1.14 bits per heavy atom. The number of nitrogens with zero attached hydrogens (tertiary/aromatic N) is 3. The maximum atomic E-state index is 13.2. The van der Waals surface area contributed by atoms with E-state index in [9.17, 15) is 4.79 Å². The van der Waals surface area contributed by atoms with Gasteiger partial charge in [0.25, 0.3) is 5.91 Å². The van der Waals surface area contributed by atoms with Gasteiger partial charge in [-0.1, -0.05) is 19.1 Å². The molecule has 7 heteroatoms. The van der Waals surface area contributed by atoms with E-state index in [1.165, 1.54) is 5.56 Å². The number of hydrogen-bond acceptors (Lipinski definition) is 5. The highest BCUT2D eigenvalue weighted by Gasteiger charge is 2.23. The molecule has 0 spiro atoms. The molecule has 1 N–H and O–H groups in total. The minimum Gasteiger partial charge on any atom is -0.378 e. The summed E-state index contributed by atoms with van der Waals surface area (Å²) in [6.07, 6.45) is 2.62. The average molecular weight is 413 g/mol. The van der Waals surface area contributed by atoms with Crippen LogP contribution in [0.5, 0.6) is 0 Å². The zero-order chi connectivity index (χ0) is 19.5. The fourth-order valence-corrected chi connectivity index (χ4v) is 3.37. The van der Waals surface area contributed by atoms with Crippen LogP contribution in [0.3, 0.4) is 0 Å². The number of aromatic nitrogens is 2. The summed E-state index contributed by atoms with van der Waals surface area (Å²) in [4.78, 5) is 24.0. The molecule has 29 heavy (non-hydrogen) atoms. The maximum Gasteiger partial charge on any atom is 0.257 e. The molecule has 152 valence electrons. The lowest BCUT2D eigenvalue weighted by molar-refractivity contribution is 0.0303. The number of nitrogens with one attached hydrogen (secondary N) is 1. The van der Waals surface area contributed by atoms with Gasteiger partial charge in [-0.15, -0.1) is 12.4 Å². The normalized spacial score (nSPS) is 13.8. The smallest absolute Gasteiger partial charge is 0.257 e. The third-order valence-corrected chi connectivity index (χ3v) is 5.03. The fourth-order valence-electron chi connectivity index (χ4n) is 3.37. The molecular weight excluding hydrogens is 388 g/mol. The number of aryl methyl sites for hydroxylation is 2. The van der Waals surface area contributed by atoms with E-state index in [1.54, 1.807) is 6.20 Å². The van der Waals surface area contributed by atoms with Crippen molar-refractivity contribution in [2.45, 2.75) is 20.3 Å². The predicted octanol–water partition coefficient (Wildman–Crippen LogP) is 4.14. The molecule has 0 unspecified atom stereocenters. The summed E-state index contributed by atoms with van der Waals surface area (Å²) in [5.74, 6) is -0.0362. The van der Waals surface area contributed by atoms with E-state index < -0.39 is 0 Å². The summed E-state index contributed by atoms with van der Waals surface area (Å²) in [5.41, 5.74) is 5.03. The molecule has 2 aromatic heterocycles. The number of carbonyl (C=O) groups excluding carboxylic acids is 1. The molecule has 4 rings (SSSR count). The van der Waals surface area contributed by atoms with E-state index in [1.807, 2.05) is 36.1 Å². The van der Waals surface area contributed by atoms with Gasteiger partial charge in [0, 0.05) is 36.1 Å². The van der Waals surface area contributed by atoms with Crippen molar-refractivity contribution in [3.63, 3.8) is 0 Å². The van der Waals surface area contributed by atoms with Crippen molar-refractivity contribution in [1.29, 1.82) is 0 Å². The number of carbonyl (C=O) groups is 1. The lowest BCUT2D eigenvalue weighted by Crippen LogP contribution is -2.41. The van der Waals surface area contributed by atoms with Crippen LogP contribution in [0.25, 0.3) is 11.0 Å². The Morgan fingerprint density at radius 3 is 2.55 bits per heavy atom. The monoisotopic (exact) mass is 412 g/mol. The number of benzene rings is 1. The zero-order valence-corrected chi connectivity index (χ0v) is 17.5. The van der Waals surface area contributed by atoms with E-state index in [4.69, 9.17) is 4.74 Å². The number of anilines is 2. The van der Waals surface area contributed by atoms with Crippen LogP contribution in [0.15, 0.2) is 42.6 Å². The van der Waals surface area contributed by atoms with Gasteiger partial charge in [-0.2, -0.15) is 0 Å². The number of rotatable bonds is 4. The Morgan fingerprint density at radius 2 is 1.86 bits per heavy atom. The lowest BCUT2D eigenvalue weighted by atomic mass is 10.1. The number of pyridine rings is 2. The summed E-state index contributed by atoms with van der Waals surface area (Å²) in [7, 11) is 0. The zero-order valence-electron chi connectivity index (χ0n) is 16.6. The summed E-state index contributed by atoms with van der Waals surface area (Å²) in [6, 6.07) is 12.2. The average Bonchev–Trinajstić information content (AvgIpc) is 2.74. The van der Waals surface area contributed by atoms with Crippen molar-refractivity contribution in [2.75, 3.05) is 31.6 Å². The number of ether oxygens (including phenoxy) is 1. The van der Waals surface area contributed by atoms with Gasteiger partial charge in [-0.05, 0) is 43.2 Å². The van der Waals surface area contributed by atoms with Gasteiger partial charge in [0.05, 0.1) is 24.5 Å². The minimum atomic E-state index is -0.0362. The second-order valence-corrected chi connectivity index (χ2v) is 6.95. The number of fused-ring (bicyclic) bond motifs is 1. The van der Waals surface area contributed by atoms with Gasteiger partial charge in [0.2, 0.25) is 0 Å². The molecule has 0 radical (unpaired) electrons. The van der Waals surface area contributed by atoms with Gasteiger partial charge >= 0.3 is 0 Å². The van der Waals surface area contributed by atoms with Gasteiger partial charge in [-0.25, -0.2) is 9.97 Å². The first-order chi connectivity index (χ1) is 13.7. The van der Waals surface area contributed by atoms with Crippen molar-refractivity contribution in [1.82, 2.24) is 14.9 Å². The van der Waals surface area contributed by atoms with Crippen LogP contribution in [0.4, 0.5) is 11.4 Å². The van der Waals surface area contributed by atoms with Gasteiger partial charge in [0.1, 0.15) is 0 Å². The quantitative estimate of drug-likeness (QED) is 0.697. The van der Waals surface area contributed by atoms with Gasteiger partial charge in [-0.3, -0.25) is 4.79 Å². The number of morpholine rings is 1. The number of hydrogen-bond donors (Lipinski definition) is 1. The summed E-state index contributed by atoms with van der Waals surface area (Å²) >= 11 is 0. The summed E-state index contributed by atoms with van der Waals surface area (Å²) < 4.78 is 5.38. The molecule has 1 fully saturated rings. The lowest BCUT2D eigenvalue weighted by Gasteiger charge is -2.27. The van der Waals surface area contributed by atoms with E-state index in [2.05, 4.69) is 34.3 Å². The van der Waals surface area contributed by atoms with Gasteiger partial charge in [0.15, 0.2) is 5.65 Å². The maximum absolute atomic E-state index is 13.2. The second kappa shape index (κ2) is 9.20. The Balaban J connectivity index is 0.00000240. The standard InChI is InChI=1S/C22H24N4O2.ClH/c1-3-16-5-7-17(8-6-16)25-20-18-9-4-15(2)24-21(18)23-14-19(20)22(27)26-10-12-28-13-11-26;/h4-9,14H,3,10-13H2,1-2H3,(H,23,24,25);1H. The summed E-state index contributed by atoms with van der Waals surface area (Å²) in [5, 5.41) is 4.28. The van der Waals surface area contributed by atoms with E-state index in [0.717, 1.165) is 28.9 Å². The molecule has 6 nitrogen and oxygen atoms in total. The molecule has 0 atom stereocenters. The molecule has 3 heterocycles. The third kappa shape index (κ3) is 4.49. The van der Waals surface area contributed by atoms with Crippen LogP contribution < -0.4 is 5.32 Å². The molecular formula is C22H25ClN4O2. The SMILES string of the molecule is CCc1ccc(Nc2c(C(=O)N3CCOCC3)cnc3nc(C)ccc23)cc1.Cl. The fraction of sp³-hybridized carbons (Fsp3) is 0.318. The van der Waals surface area contributed by atoms with Crippen LogP contribution >= 0.6 is 12.4 Å². The molecule has 0 aliphatic carbocycles. The van der Waals surface area contributed by atoms with Crippen molar-refractivity contribution >= 4 is 40.7 Å². The molecule has 0 saturated carbocycles. The number of amides is 1. The largest absolute Gasteiger partial charge is 0.378 e. The van der Waals surface area contributed by atoms with Crippen LogP contribution in [0, 0.1) is 6.92 Å². The number of halogens is 1. The second-order valence-electron chi connectivity index (χ2n) is 6.95. The highest BCUT2D eigenvalue weighted by Crippen LogP contribution is 2.30. The molecule has 1 aromatic carbocycles. The Labute approximate surface area is 176 Å². The van der Waals surface area contributed by atoms with Crippen molar-refractivity contribution in [3.8, 4) is 0 Å². The highest BCUT2D eigenvalue weighted by molar-refractivity contribution is 6.07. The van der Waals surface area contributed by atoms with E-state index in [-0.39, 0.29) is 18.3 Å². The first kappa shape index (κ1) is 21.0. The topological polar surface area (TPSA) is 67.4 Å². The molecule has 3 aromatic rings. The molecule has 0 bridgehead atoms. The van der Waals surface area contributed by atoms with Crippen molar-refractivity contribution in [3.05, 3.63) is 59.4 Å². The Kier molecular flexibility index (Phi) is 6.67. The predicted molar refractivity (Wildman–Crippen MR) is 117 cm³/mol. The first-order valence-electron chi connectivity index (χ1n) is 9.65. The molecule has 1 aliphatic heterocycles. The van der Waals surface area contributed by atoms with Crippen molar-refractivity contribution in [2.24, 2.45) is 0 Å². The van der Waals surface area contributed by atoms with Crippen LogP contribution in [-0.4, -0.2) is 47.1 Å². The van der Waals surface area contributed by atoms with E-state index in [0.29, 0.717) is 37.5 Å². The van der Waals surface area contributed by atoms with Crippen LogP contribution in [0.2, 0.25) is 0 Å². The minimum absolute atomic E-state index is 0. The molecule has 1 amide bonds. The van der Waals surface area contributed by atoms with Crippen LogP contribution in [0.1, 0.15) is 28.5 Å². The third-order valence-electron chi connectivity index (χ3n) is 5.03. The van der Waals surface area contributed by atoms with Crippen molar-refractivity contribution < 1.29 is 9.53 Å². The van der Waals surface area contributed by atoms with Crippen LogP contribution in [-0.2, 0) is 11.2 Å². The summed E-state index contributed by atoms with van der Waals surface area (Å²) in [6.45, 7) is 6.38. The molecule has 1 aliphatic rings. The van der Waals surface area contributed by atoms with E-state index >= 15 is 0 Å². The first-order valence-corrected chi connectivity index (χ1v) is 9.65. The highest BCUT2D eigenvalue weighted by atomic mass is 35.5.